The average Bonchev–Trinajstić information content (AvgIpc) is 2.73. The fraction of sp³-hybridized carbons (Fsp3) is 0.0909. The van der Waals surface area contributed by atoms with Crippen LogP contribution < -0.4 is 5.32 Å². The van der Waals surface area contributed by atoms with E-state index in [0.29, 0.717) is 32.9 Å². The molecule has 1 atom stereocenters. The monoisotopic (exact) mass is 422 g/mol. The fourth-order valence-corrected chi connectivity index (χ4v) is 4.30. The molecule has 0 spiro atoms. The van der Waals surface area contributed by atoms with Crippen molar-refractivity contribution < 1.29 is 13.7 Å². The molecule has 0 bridgehead atoms. The van der Waals surface area contributed by atoms with E-state index < -0.39 is 15.5 Å². The van der Waals surface area contributed by atoms with Gasteiger partial charge in [-0.2, -0.15) is 4.36 Å². The first-order valence-corrected chi connectivity index (χ1v) is 11.0. The molecule has 30 heavy (non-hydrogen) atoms. The summed E-state index contributed by atoms with van der Waals surface area (Å²) in [5, 5.41) is 13.4. The van der Waals surface area contributed by atoms with Crippen LogP contribution in [0.5, 0.6) is 5.75 Å². The molecule has 4 aromatic rings. The summed E-state index contributed by atoms with van der Waals surface area (Å²) in [5.41, 5.74) is 1.63. The van der Waals surface area contributed by atoms with Crippen molar-refractivity contribution in [1.82, 2.24) is 9.97 Å². The predicted octanol–water partition coefficient (Wildman–Crippen LogP) is 5.31. The van der Waals surface area contributed by atoms with Gasteiger partial charge in [-0.15, -0.1) is 0 Å². The Balaban J connectivity index is 1.79. The quantitative estimate of drug-likeness (QED) is 0.465. The number of aryl methyl sites for hydroxylation is 1. The Hall–Kier alpha value is -3.52. The minimum absolute atomic E-state index is 0.0264. The van der Waals surface area contributed by atoms with Crippen molar-refractivity contribution in [3.8, 4) is 5.75 Å². The molecule has 6 nitrogen and oxygen atoms in total. The van der Waals surface area contributed by atoms with Crippen molar-refractivity contribution >= 4 is 37.8 Å². The molecule has 0 fully saturated rings. The molecule has 2 N–H and O–H groups in total. The molecular weight excluding hydrogens is 403 g/mol. The van der Waals surface area contributed by atoms with Crippen LogP contribution in [-0.4, -0.2) is 25.5 Å². The van der Waals surface area contributed by atoms with Gasteiger partial charge in [0.05, 0.1) is 26.6 Å². The van der Waals surface area contributed by atoms with E-state index in [4.69, 9.17) is 0 Å². The van der Waals surface area contributed by atoms with Gasteiger partial charge in [0.15, 0.2) is 0 Å². The maximum Gasteiger partial charge on any atom is 0.147 e. The Morgan fingerprint density at radius 3 is 2.60 bits per heavy atom. The molecule has 0 aliphatic carbocycles. The van der Waals surface area contributed by atoms with Gasteiger partial charge in [0.2, 0.25) is 0 Å². The highest BCUT2D eigenvalue weighted by Gasteiger charge is 2.12. The summed E-state index contributed by atoms with van der Waals surface area (Å²) in [7, 11) is -2.65. The van der Waals surface area contributed by atoms with Crippen LogP contribution in [0.1, 0.15) is 5.56 Å². The lowest BCUT2D eigenvalue weighted by Crippen LogP contribution is -1.99. The summed E-state index contributed by atoms with van der Waals surface area (Å²) in [6.45, 7) is 1.62. The van der Waals surface area contributed by atoms with E-state index in [2.05, 4.69) is 19.6 Å². The first-order chi connectivity index (χ1) is 14.3. The van der Waals surface area contributed by atoms with Crippen LogP contribution in [0.3, 0.4) is 0 Å². The summed E-state index contributed by atoms with van der Waals surface area (Å²) in [6.07, 6.45) is 2.94. The lowest BCUT2D eigenvalue weighted by atomic mass is 10.1. The van der Waals surface area contributed by atoms with Gasteiger partial charge >= 0.3 is 0 Å². The van der Waals surface area contributed by atoms with Crippen molar-refractivity contribution in [2.45, 2.75) is 11.8 Å². The topological polar surface area (TPSA) is 87.5 Å². The van der Waals surface area contributed by atoms with Crippen LogP contribution in [0.4, 0.5) is 21.6 Å². The second kappa shape index (κ2) is 7.72. The molecule has 0 radical (unpaired) electrons. The van der Waals surface area contributed by atoms with Gasteiger partial charge in [-0.1, -0.05) is 18.2 Å². The number of hydrogen-bond acceptors (Lipinski definition) is 6. The van der Waals surface area contributed by atoms with E-state index in [-0.39, 0.29) is 11.4 Å². The number of aromatic nitrogens is 2. The van der Waals surface area contributed by atoms with Gasteiger partial charge in [0.1, 0.15) is 23.7 Å². The smallest absolute Gasteiger partial charge is 0.147 e. The van der Waals surface area contributed by atoms with Crippen LogP contribution >= 0.6 is 0 Å². The zero-order valence-corrected chi connectivity index (χ0v) is 17.2. The zero-order chi connectivity index (χ0) is 21.3. The third-order valence-corrected chi connectivity index (χ3v) is 6.32. The maximum absolute atomic E-state index is 14.3. The molecule has 0 saturated heterocycles. The first kappa shape index (κ1) is 19.8. The highest BCUT2D eigenvalue weighted by Crippen LogP contribution is 2.31. The number of phenols is 1. The maximum atomic E-state index is 14.3. The summed E-state index contributed by atoms with van der Waals surface area (Å²) in [4.78, 5) is 9.06. The van der Waals surface area contributed by atoms with E-state index in [9.17, 15) is 13.7 Å². The molecule has 4 rings (SSSR count). The minimum Gasteiger partial charge on any atom is -0.508 e. The molecule has 0 unspecified atom stereocenters. The van der Waals surface area contributed by atoms with Crippen LogP contribution in [0.2, 0.25) is 0 Å². The van der Waals surface area contributed by atoms with E-state index in [0.717, 1.165) is 0 Å². The minimum atomic E-state index is -2.65. The van der Waals surface area contributed by atoms with Gasteiger partial charge in [-0.25, -0.2) is 18.6 Å². The number of fused-ring (bicyclic) bond motifs is 1. The zero-order valence-electron chi connectivity index (χ0n) is 16.3. The molecule has 8 heteroatoms. The number of nitrogens with zero attached hydrogens (tertiary/aromatic N) is 3. The molecule has 1 heterocycles. The first-order valence-electron chi connectivity index (χ1n) is 9.11. The molecule has 0 amide bonds. The Morgan fingerprint density at radius 1 is 1.07 bits per heavy atom. The number of aromatic hydroxyl groups is 1. The van der Waals surface area contributed by atoms with E-state index >= 15 is 0 Å². The number of anilines is 2. The largest absolute Gasteiger partial charge is 0.508 e. The Labute approximate surface area is 173 Å². The summed E-state index contributed by atoms with van der Waals surface area (Å²) >= 11 is 0. The Bertz CT molecular complexity index is 1370. The van der Waals surface area contributed by atoms with E-state index in [1.54, 1.807) is 43.5 Å². The molecule has 152 valence electrons. The number of nitrogens with one attached hydrogen (secondary N) is 1. The molecule has 1 aromatic heterocycles. The van der Waals surface area contributed by atoms with Crippen molar-refractivity contribution in [2.75, 3.05) is 11.6 Å². The lowest BCUT2D eigenvalue weighted by molar-refractivity contribution is 0.469. The molecular formula is C22H19FN4O2S. The van der Waals surface area contributed by atoms with Gasteiger partial charge in [0, 0.05) is 22.6 Å². The summed E-state index contributed by atoms with van der Waals surface area (Å²) in [6, 6.07) is 16.8. The highest BCUT2D eigenvalue weighted by atomic mass is 32.2. The summed E-state index contributed by atoms with van der Waals surface area (Å²) in [5.74, 6) is -0.193. The SMILES string of the molecule is Cc1cc(F)c(Nc2ncnc3ccc(N=[S@](C)(=O)c4ccccc4)cc23)cc1O. The third-order valence-electron chi connectivity index (χ3n) is 4.62. The van der Waals surface area contributed by atoms with Gasteiger partial charge in [0.25, 0.3) is 0 Å². The van der Waals surface area contributed by atoms with Crippen molar-refractivity contribution in [3.05, 3.63) is 78.4 Å². The highest BCUT2D eigenvalue weighted by molar-refractivity contribution is 7.93. The van der Waals surface area contributed by atoms with Gasteiger partial charge < -0.3 is 10.4 Å². The van der Waals surface area contributed by atoms with Crippen LogP contribution in [-0.2, 0) is 9.73 Å². The van der Waals surface area contributed by atoms with E-state index in [1.165, 1.54) is 18.5 Å². The van der Waals surface area contributed by atoms with Crippen LogP contribution in [0.25, 0.3) is 10.9 Å². The lowest BCUT2D eigenvalue weighted by Gasteiger charge is -2.11. The second-order valence-electron chi connectivity index (χ2n) is 6.87. The van der Waals surface area contributed by atoms with Crippen molar-refractivity contribution in [1.29, 1.82) is 0 Å². The third kappa shape index (κ3) is 3.95. The van der Waals surface area contributed by atoms with Crippen molar-refractivity contribution in [2.24, 2.45) is 4.36 Å². The fourth-order valence-electron chi connectivity index (χ4n) is 3.01. The van der Waals surface area contributed by atoms with E-state index in [1.807, 2.05) is 18.2 Å². The number of benzene rings is 3. The van der Waals surface area contributed by atoms with Crippen LogP contribution in [0, 0.1) is 12.7 Å². The van der Waals surface area contributed by atoms with Crippen molar-refractivity contribution in [3.63, 3.8) is 0 Å². The second-order valence-corrected chi connectivity index (χ2v) is 9.13. The Kier molecular flexibility index (Phi) is 5.09. The molecule has 0 aliphatic rings. The summed E-state index contributed by atoms with van der Waals surface area (Å²) < 4.78 is 31.9. The van der Waals surface area contributed by atoms with Gasteiger partial charge in [-0.05, 0) is 48.9 Å². The number of halogens is 1. The standard InChI is InChI=1S/C22H19FN4O2S/c1-14-10-18(23)20(12-21(14)28)26-22-17-11-15(8-9-19(17)24-13-25-22)27-30(2,29)16-6-4-3-5-7-16/h3-13,28H,1-2H3,(H,24,25,26)/t30-/m1/s1. The van der Waals surface area contributed by atoms with Gasteiger partial charge in [-0.3, -0.25) is 0 Å². The normalized spacial score (nSPS) is 13.0. The number of hydrogen-bond donors (Lipinski definition) is 2. The number of rotatable bonds is 4. The Morgan fingerprint density at radius 2 is 1.83 bits per heavy atom. The molecule has 0 aliphatic heterocycles. The predicted molar refractivity (Wildman–Crippen MR) is 116 cm³/mol. The number of phenolic OH excluding ortho intramolecular Hbond substituents is 1. The average molecular weight is 422 g/mol. The molecule has 0 saturated carbocycles. The van der Waals surface area contributed by atoms with Crippen LogP contribution in [0.15, 0.2) is 76.2 Å². The molecule has 3 aromatic carbocycles.